The first kappa shape index (κ1) is 10.2. The van der Waals surface area contributed by atoms with E-state index in [1.807, 2.05) is 6.07 Å². The number of hydrogen-bond acceptors (Lipinski definition) is 4. The van der Waals surface area contributed by atoms with Crippen molar-refractivity contribution >= 4 is 11.5 Å². The second kappa shape index (κ2) is 3.87. The topological polar surface area (TPSA) is 88.7 Å². The number of nitrogens with two attached hydrogens (primary N) is 2. The van der Waals surface area contributed by atoms with Gasteiger partial charge in [0.05, 0.1) is 18.2 Å². The van der Waals surface area contributed by atoms with Crippen molar-refractivity contribution in [1.82, 2.24) is 4.98 Å². The number of rotatable bonds is 2. The maximum atomic E-state index is 12.3. The minimum atomic E-state index is -2.78. The molecular formula is C8H8F2N4. The molecule has 4 N–H and O–H groups in total. The monoisotopic (exact) mass is 198 g/mol. The third kappa shape index (κ3) is 1.88. The van der Waals surface area contributed by atoms with Gasteiger partial charge in [-0.3, -0.25) is 0 Å². The molecule has 0 aliphatic heterocycles. The average Bonchev–Trinajstić information content (AvgIpc) is 2.10. The molecule has 0 aliphatic rings. The van der Waals surface area contributed by atoms with E-state index in [1.54, 1.807) is 0 Å². The quantitative estimate of drug-likeness (QED) is 0.748. The molecule has 0 saturated heterocycles. The van der Waals surface area contributed by atoms with Gasteiger partial charge in [-0.1, -0.05) is 0 Å². The zero-order chi connectivity index (χ0) is 10.7. The molecule has 14 heavy (non-hydrogen) atoms. The Morgan fingerprint density at radius 3 is 2.64 bits per heavy atom. The summed E-state index contributed by atoms with van der Waals surface area (Å²) in [4.78, 5) is 3.41. The summed E-state index contributed by atoms with van der Waals surface area (Å²) in [5.41, 5.74) is 10.2. The lowest BCUT2D eigenvalue weighted by Gasteiger charge is -2.08. The summed E-state index contributed by atoms with van der Waals surface area (Å²) < 4.78 is 24.7. The molecule has 74 valence electrons. The molecule has 1 aromatic heterocycles. The fourth-order valence-electron chi connectivity index (χ4n) is 1.05. The molecule has 0 amide bonds. The number of halogens is 2. The van der Waals surface area contributed by atoms with Crippen molar-refractivity contribution in [2.75, 3.05) is 11.5 Å². The van der Waals surface area contributed by atoms with Crippen LogP contribution in [0, 0.1) is 11.3 Å². The predicted octanol–water partition coefficient (Wildman–Crippen LogP) is 1.25. The molecule has 0 radical (unpaired) electrons. The van der Waals surface area contributed by atoms with E-state index in [0.29, 0.717) is 0 Å². The highest BCUT2D eigenvalue weighted by atomic mass is 19.3. The Labute approximate surface area is 79.1 Å². The zero-order valence-electron chi connectivity index (χ0n) is 7.17. The third-order valence-electron chi connectivity index (χ3n) is 1.67. The van der Waals surface area contributed by atoms with Gasteiger partial charge in [0.25, 0.3) is 6.43 Å². The Bertz CT molecular complexity index is 384. The van der Waals surface area contributed by atoms with Crippen molar-refractivity contribution < 1.29 is 8.78 Å². The predicted molar refractivity (Wildman–Crippen MR) is 47.3 cm³/mol. The Hall–Kier alpha value is -1.90. The summed E-state index contributed by atoms with van der Waals surface area (Å²) in [5.74, 6) is -0.0558. The van der Waals surface area contributed by atoms with Crippen molar-refractivity contribution in [1.29, 1.82) is 5.26 Å². The zero-order valence-corrected chi connectivity index (χ0v) is 7.17. The average molecular weight is 198 g/mol. The van der Waals surface area contributed by atoms with Crippen LogP contribution in [0.3, 0.4) is 0 Å². The molecule has 1 heterocycles. The van der Waals surface area contributed by atoms with E-state index in [9.17, 15) is 8.78 Å². The Kier molecular flexibility index (Phi) is 2.82. The van der Waals surface area contributed by atoms with Gasteiger partial charge in [-0.05, 0) is 11.6 Å². The van der Waals surface area contributed by atoms with Crippen LogP contribution in [0.1, 0.15) is 17.7 Å². The molecule has 0 spiro atoms. The van der Waals surface area contributed by atoms with E-state index in [-0.39, 0.29) is 23.5 Å². The van der Waals surface area contributed by atoms with Gasteiger partial charge >= 0.3 is 0 Å². The molecule has 4 nitrogen and oxygen atoms in total. The van der Waals surface area contributed by atoms with E-state index < -0.39 is 12.1 Å². The number of pyridine rings is 1. The molecular weight excluding hydrogens is 190 g/mol. The van der Waals surface area contributed by atoms with Gasteiger partial charge in [0.1, 0.15) is 11.5 Å². The number of anilines is 2. The molecule has 1 rings (SSSR count). The van der Waals surface area contributed by atoms with Crippen LogP contribution in [0.2, 0.25) is 0 Å². The van der Waals surface area contributed by atoms with Crippen LogP contribution in [0.4, 0.5) is 20.3 Å². The summed E-state index contributed by atoms with van der Waals surface area (Å²) in [5, 5.41) is 8.41. The lowest BCUT2D eigenvalue weighted by Crippen LogP contribution is -2.05. The molecule has 0 aromatic carbocycles. The van der Waals surface area contributed by atoms with Crippen LogP contribution >= 0.6 is 0 Å². The summed E-state index contributed by atoms with van der Waals surface area (Å²) >= 11 is 0. The highest BCUT2D eigenvalue weighted by molar-refractivity contribution is 5.56. The minimum Gasteiger partial charge on any atom is -0.397 e. The fraction of sp³-hybridized carbons (Fsp3) is 0.250. The van der Waals surface area contributed by atoms with E-state index in [4.69, 9.17) is 16.7 Å². The largest absolute Gasteiger partial charge is 0.397 e. The number of hydrogen-bond donors (Lipinski definition) is 2. The van der Waals surface area contributed by atoms with Crippen LogP contribution in [-0.2, 0) is 6.42 Å². The Morgan fingerprint density at radius 2 is 2.14 bits per heavy atom. The summed E-state index contributed by atoms with van der Waals surface area (Å²) in [6.45, 7) is 0. The Morgan fingerprint density at radius 1 is 1.50 bits per heavy atom. The van der Waals surface area contributed by atoms with Crippen LogP contribution < -0.4 is 11.5 Å². The maximum absolute atomic E-state index is 12.3. The normalized spacial score (nSPS) is 10.1. The molecule has 0 saturated carbocycles. The summed E-state index contributed by atoms with van der Waals surface area (Å²) in [6, 6.07) is 3.13. The van der Waals surface area contributed by atoms with Crippen LogP contribution in [-0.4, -0.2) is 4.98 Å². The minimum absolute atomic E-state index is 0.0558. The molecule has 0 unspecified atom stereocenters. The van der Waals surface area contributed by atoms with Gasteiger partial charge in [-0.25, -0.2) is 13.8 Å². The highest BCUT2D eigenvalue weighted by Crippen LogP contribution is 2.27. The molecule has 0 atom stereocenters. The molecule has 6 heteroatoms. The van der Waals surface area contributed by atoms with Crippen LogP contribution in [0.5, 0.6) is 0 Å². The number of nitriles is 1. The standard InChI is InChI=1S/C8H8F2N4/c9-8(10)7-6(13)4(1-2-11)3-5(12)14-7/h3,8H,1,13H2,(H2,12,14). The number of aromatic nitrogens is 1. The second-order valence-electron chi connectivity index (χ2n) is 2.64. The Balaban J connectivity index is 3.26. The second-order valence-corrected chi connectivity index (χ2v) is 2.64. The summed E-state index contributed by atoms with van der Waals surface area (Å²) in [7, 11) is 0. The van der Waals surface area contributed by atoms with Gasteiger partial charge in [-0.2, -0.15) is 5.26 Å². The van der Waals surface area contributed by atoms with Gasteiger partial charge in [0, 0.05) is 0 Å². The van der Waals surface area contributed by atoms with Gasteiger partial charge in [0.2, 0.25) is 0 Å². The van der Waals surface area contributed by atoms with Crippen LogP contribution in [0.25, 0.3) is 0 Å². The first-order valence-corrected chi connectivity index (χ1v) is 3.76. The lowest BCUT2D eigenvalue weighted by atomic mass is 10.1. The van der Waals surface area contributed by atoms with Crippen molar-refractivity contribution in [3.63, 3.8) is 0 Å². The van der Waals surface area contributed by atoms with Crippen molar-refractivity contribution in [2.45, 2.75) is 12.8 Å². The number of nitrogen functional groups attached to an aromatic ring is 2. The van der Waals surface area contributed by atoms with E-state index in [0.717, 1.165) is 0 Å². The molecule has 0 fully saturated rings. The van der Waals surface area contributed by atoms with Gasteiger partial charge in [0.15, 0.2) is 0 Å². The van der Waals surface area contributed by atoms with E-state index >= 15 is 0 Å². The number of nitrogens with zero attached hydrogens (tertiary/aromatic N) is 2. The molecule has 1 aromatic rings. The first-order chi connectivity index (χ1) is 6.56. The molecule has 0 aliphatic carbocycles. The number of alkyl halides is 2. The SMILES string of the molecule is N#CCc1cc(N)nc(C(F)F)c1N. The lowest BCUT2D eigenvalue weighted by molar-refractivity contribution is 0.147. The third-order valence-corrected chi connectivity index (χ3v) is 1.67. The van der Waals surface area contributed by atoms with Crippen molar-refractivity contribution in [3.05, 3.63) is 17.3 Å². The van der Waals surface area contributed by atoms with Gasteiger partial charge in [-0.15, -0.1) is 0 Å². The summed E-state index contributed by atoms with van der Waals surface area (Å²) in [6.07, 6.45) is -2.84. The van der Waals surface area contributed by atoms with Crippen molar-refractivity contribution in [2.24, 2.45) is 0 Å². The van der Waals surface area contributed by atoms with Gasteiger partial charge < -0.3 is 11.5 Å². The van der Waals surface area contributed by atoms with E-state index in [2.05, 4.69) is 4.98 Å². The maximum Gasteiger partial charge on any atom is 0.282 e. The van der Waals surface area contributed by atoms with E-state index in [1.165, 1.54) is 6.07 Å². The highest BCUT2D eigenvalue weighted by Gasteiger charge is 2.16. The smallest absolute Gasteiger partial charge is 0.282 e. The molecule has 0 bridgehead atoms. The fourth-order valence-corrected chi connectivity index (χ4v) is 1.05. The first-order valence-electron chi connectivity index (χ1n) is 3.76. The van der Waals surface area contributed by atoms with Crippen molar-refractivity contribution in [3.8, 4) is 6.07 Å². The van der Waals surface area contributed by atoms with Crippen LogP contribution in [0.15, 0.2) is 6.07 Å².